The smallest absolute Gasteiger partial charge is 0.243 e. The Kier molecular flexibility index (Phi) is 7.27. The van der Waals surface area contributed by atoms with Crippen molar-refractivity contribution in [3.05, 3.63) is 29.3 Å². The van der Waals surface area contributed by atoms with Crippen LogP contribution in [-0.2, 0) is 14.8 Å². The lowest BCUT2D eigenvalue weighted by molar-refractivity contribution is -0.123. The number of nitrogens with one attached hydrogen (secondary N) is 1. The first-order chi connectivity index (χ1) is 13.2. The van der Waals surface area contributed by atoms with E-state index < -0.39 is 15.6 Å². The van der Waals surface area contributed by atoms with Gasteiger partial charge in [-0.25, -0.2) is 8.42 Å². The van der Waals surface area contributed by atoms with Gasteiger partial charge in [-0.2, -0.15) is 4.31 Å². The second-order valence-corrected chi connectivity index (χ2v) is 9.34. The summed E-state index contributed by atoms with van der Waals surface area (Å²) in [6, 6.07) is 5.47. The van der Waals surface area contributed by atoms with Crippen molar-refractivity contribution in [2.24, 2.45) is 0 Å². The number of carbonyl (C=O) groups is 1. The van der Waals surface area contributed by atoms with E-state index in [9.17, 15) is 13.2 Å². The fourth-order valence-corrected chi connectivity index (χ4v) is 5.16. The molecule has 1 saturated heterocycles. The molecule has 0 aliphatic carbocycles. The largest absolute Gasteiger partial charge is 0.339 e. The highest BCUT2D eigenvalue weighted by Crippen LogP contribution is 2.22. The van der Waals surface area contributed by atoms with E-state index in [1.54, 1.807) is 6.07 Å². The van der Waals surface area contributed by atoms with E-state index >= 15 is 0 Å². The van der Waals surface area contributed by atoms with Crippen molar-refractivity contribution in [3.63, 3.8) is 0 Å². The highest BCUT2D eigenvalue weighted by atomic mass is 32.2. The quantitative estimate of drug-likeness (QED) is 0.704. The maximum atomic E-state index is 13.0. The molecule has 0 unspecified atom stereocenters. The predicted molar refractivity (Wildman–Crippen MR) is 111 cm³/mol. The second kappa shape index (κ2) is 9.08. The molecule has 0 atom stereocenters. The third-order valence-electron chi connectivity index (χ3n) is 5.52. The normalized spacial score (nSPS) is 16.5. The lowest BCUT2D eigenvalue weighted by Gasteiger charge is -2.35. The summed E-state index contributed by atoms with van der Waals surface area (Å²) < 4.78 is 27.5. The average Bonchev–Trinajstić information content (AvgIpc) is 2.68. The zero-order valence-corrected chi connectivity index (χ0v) is 18.1. The Balaban J connectivity index is 1.98. The number of nitrogens with zero attached hydrogens (tertiary/aromatic N) is 2. The van der Waals surface area contributed by atoms with Crippen molar-refractivity contribution in [3.8, 4) is 12.3 Å². The van der Waals surface area contributed by atoms with E-state index in [1.165, 1.54) is 4.31 Å². The third kappa shape index (κ3) is 4.93. The van der Waals surface area contributed by atoms with Gasteiger partial charge in [-0.15, -0.1) is 6.42 Å². The molecule has 2 rings (SSSR count). The van der Waals surface area contributed by atoms with Crippen LogP contribution < -0.4 is 5.32 Å². The molecule has 28 heavy (non-hydrogen) atoms. The summed E-state index contributed by atoms with van der Waals surface area (Å²) in [5.41, 5.74) is 1.06. The molecule has 154 valence electrons. The molecule has 1 aromatic rings. The van der Waals surface area contributed by atoms with Crippen LogP contribution in [0.2, 0.25) is 0 Å². The zero-order valence-electron chi connectivity index (χ0n) is 17.3. The van der Waals surface area contributed by atoms with Crippen molar-refractivity contribution >= 4 is 15.9 Å². The number of piperazine rings is 1. The fraction of sp³-hybridized carbons (Fsp3) is 0.571. The number of carbonyl (C=O) groups excluding carboxylic acids is 1. The number of amides is 1. The first kappa shape index (κ1) is 22.4. The predicted octanol–water partition coefficient (Wildman–Crippen LogP) is 1.92. The number of terminal acetylenes is 1. The van der Waals surface area contributed by atoms with Crippen LogP contribution in [0.4, 0.5) is 0 Å². The van der Waals surface area contributed by atoms with Gasteiger partial charge in [0.15, 0.2) is 0 Å². The van der Waals surface area contributed by atoms with E-state index in [0.29, 0.717) is 43.9 Å². The molecular formula is C21H31N3O3S. The van der Waals surface area contributed by atoms with Gasteiger partial charge in [0.1, 0.15) is 5.54 Å². The summed E-state index contributed by atoms with van der Waals surface area (Å²) in [7, 11) is -3.53. The standard InChI is InChI=1S/C21H31N3O3S/c1-6-21(7-2,8-3)22-20(25)16-23-11-13-24(14-12-23)28(26,27)19-15-17(4)9-10-18(19)5/h1,9-10,15H,7-8,11-14,16H2,2-5H3,(H,22,25). The maximum Gasteiger partial charge on any atom is 0.243 e. The number of aryl methyl sites for hydroxylation is 2. The lowest BCUT2D eigenvalue weighted by Crippen LogP contribution is -2.54. The van der Waals surface area contributed by atoms with Gasteiger partial charge in [0, 0.05) is 26.2 Å². The first-order valence-corrected chi connectivity index (χ1v) is 11.2. The van der Waals surface area contributed by atoms with E-state index in [-0.39, 0.29) is 12.5 Å². The van der Waals surface area contributed by atoms with Crippen LogP contribution in [0, 0.1) is 26.2 Å². The summed E-state index contributed by atoms with van der Waals surface area (Å²) in [6.07, 6.45) is 6.95. The number of benzene rings is 1. The molecule has 1 aliphatic heterocycles. The number of rotatable bonds is 7. The Morgan fingerprint density at radius 1 is 1.18 bits per heavy atom. The molecule has 1 aliphatic rings. The van der Waals surface area contributed by atoms with Crippen molar-refractivity contribution in [2.75, 3.05) is 32.7 Å². The first-order valence-electron chi connectivity index (χ1n) is 9.76. The highest BCUT2D eigenvalue weighted by molar-refractivity contribution is 7.89. The van der Waals surface area contributed by atoms with Crippen LogP contribution in [0.15, 0.2) is 23.1 Å². The van der Waals surface area contributed by atoms with Crippen molar-refractivity contribution in [1.82, 2.24) is 14.5 Å². The molecule has 0 saturated carbocycles. The third-order valence-corrected chi connectivity index (χ3v) is 7.56. The lowest BCUT2D eigenvalue weighted by atomic mass is 9.94. The van der Waals surface area contributed by atoms with E-state index in [4.69, 9.17) is 6.42 Å². The van der Waals surface area contributed by atoms with Crippen molar-refractivity contribution < 1.29 is 13.2 Å². The Labute approximate surface area is 169 Å². The second-order valence-electron chi connectivity index (χ2n) is 7.43. The van der Waals surface area contributed by atoms with Gasteiger partial charge in [0.2, 0.25) is 15.9 Å². The molecule has 7 heteroatoms. The molecular weight excluding hydrogens is 374 g/mol. The molecule has 0 spiro atoms. The molecule has 1 heterocycles. The Bertz CT molecular complexity index is 846. The zero-order chi connectivity index (χ0) is 20.9. The van der Waals surface area contributed by atoms with Gasteiger partial charge in [0.05, 0.1) is 11.4 Å². The van der Waals surface area contributed by atoms with E-state index in [0.717, 1.165) is 11.1 Å². The van der Waals surface area contributed by atoms with Crippen LogP contribution in [0.1, 0.15) is 37.8 Å². The Hall–Kier alpha value is -1.88. The van der Waals surface area contributed by atoms with Gasteiger partial charge in [-0.3, -0.25) is 9.69 Å². The van der Waals surface area contributed by atoms with Gasteiger partial charge in [-0.05, 0) is 43.9 Å². The SMILES string of the molecule is C#CC(CC)(CC)NC(=O)CN1CCN(S(=O)(=O)c2cc(C)ccc2C)CC1. The molecule has 1 fully saturated rings. The fourth-order valence-electron chi connectivity index (χ4n) is 3.43. The van der Waals surface area contributed by atoms with Crippen molar-refractivity contribution in [2.45, 2.75) is 51.0 Å². The minimum Gasteiger partial charge on any atom is -0.339 e. The number of hydrogen-bond donors (Lipinski definition) is 1. The molecule has 1 N–H and O–H groups in total. The monoisotopic (exact) mass is 405 g/mol. The number of hydrogen-bond acceptors (Lipinski definition) is 4. The van der Waals surface area contributed by atoms with Gasteiger partial charge in [-0.1, -0.05) is 31.9 Å². The topological polar surface area (TPSA) is 69.7 Å². The van der Waals surface area contributed by atoms with E-state index in [2.05, 4.69) is 11.2 Å². The molecule has 0 radical (unpaired) electrons. The van der Waals surface area contributed by atoms with Crippen molar-refractivity contribution in [1.29, 1.82) is 0 Å². The summed E-state index contributed by atoms with van der Waals surface area (Å²) in [5.74, 6) is 2.58. The summed E-state index contributed by atoms with van der Waals surface area (Å²) in [4.78, 5) is 14.7. The summed E-state index contributed by atoms with van der Waals surface area (Å²) >= 11 is 0. The van der Waals surface area contributed by atoms with Crippen LogP contribution in [-0.4, -0.2) is 61.8 Å². The Morgan fingerprint density at radius 2 is 1.79 bits per heavy atom. The molecule has 6 nitrogen and oxygen atoms in total. The molecule has 1 aromatic carbocycles. The van der Waals surface area contributed by atoms with Crippen LogP contribution >= 0.6 is 0 Å². The average molecular weight is 406 g/mol. The number of sulfonamides is 1. The molecule has 0 bridgehead atoms. The van der Waals surface area contributed by atoms with Gasteiger partial charge >= 0.3 is 0 Å². The van der Waals surface area contributed by atoms with E-state index in [1.807, 2.05) is 44.7 Å². The van der Waals surface area contributed by atoms with Gasteiger partial charge in [0.25, 0.3) is 0 Å². The van der Waals surface area contributed by atoms with Gasteiger partial charge < -0.3 is 5.32 Å². The maximum absolute atomic E-state index is 13.0. The summed E-state index contributed by atoms with van der Waals surface area (Å²) in [6.45, 7) is 9.60. The highest BCUT2D eigenvalue weighted by Gasteiger charge is 2.31. The van der Waals surface area contributed by atoms with Crippen LogP contribution in [0.5, 0.6) is 0 Å². The molecule has 0 aromatic heterocycles. The summed E-state index contributed by atoms with van der Waals surface area (Å²) in [5, 5.41) is 2.96. The molecule has 1 amide bonds. The minimum absolute atomic E-state index is 0.118. The van der Waals surface area contributed by atoms with Crippen LogP contribution in [0.25, 0.3) is 0 Å². The van der Waals surface area contributed by atoms with Crippen LogP contribution in [0.3, 0.4) is 0 Å². The Morgan fingerprint density at radius 3 is 2.32 bits per heavy atom. The minimum atomic E-state index is -3.53.